The zero-order chi connectivity index (χ0) is 11.8. The number of ether oxygens (including phenoxy) is 2. The van der Waals surface area contributed by atoms with E-state index in [1.807, 2.05) is 6.07 Å². The lowest BCUT2D eigenvalue weighted by atomic mass is 9.99. The molecule has 4 nitrogen and oxygen atoms in total. The molecule has 0 spiro atoms. The second kappa shape index (κ2) is 4.22. The van der Waals surface area contributed by atoms with E-state index in [1.165, 1.54) is 5.56 Å². The van der Waals surface area contributed by atoms with Crippen molar-refractivity contribution in [2.45, 2.75) is 18.9 Å². The van der Waals surface area contributed by atoms with Gasteiger partial charge in [-0.3, -0.25) is 0 Å². The first-order valence-corrected chi connectivity index (χ1v) is 6.44. The van der Waals surface area contributed by atoms with E-state index in [2.05, 4.69) is 27.0 Å². The molecule has 0 amide bonds. The SMILES string of the molecule is NC1=NC(c2cc(Br)cc3c2OCCC3)CO1. The molecular weight excluding hydrogens is 284 g/mol. The third-order valence-electron chi connectivity index (χ3n) is 3.03. The fourth-order valence-electron chi connectivity index (χ4n) is 2.27. The summed E-state index contributed by atoms with van der Waals surface area (Å²) in [5.74, 6) is 0.964. The maximum atomic E-state index is 5.77. The smallest absolute Gasteiger partial charge is 0.282 e. The van der Waals surface area contributed by atoms with E-state index in [0.29, 0.717) is 6.61 Å². The largest absolute Gasteiger partial charge is 0.493 e. The molecule has 0 aromatic heterocycles. The van der Waals surface area contributed by atoms with E-state index in [1.54, 1.807) is 0 Å². The van der Waals surface area contributed by atoms with Gasteiger partial charge in [0.25, 0.3) is 6.02 Å². The Morgan fingerprint density at radius 1 is 1.35 bits per heavy atom. The van der Waals surface area contributed by atoms with Gasteiger partial charge in [0, 0.05) is 10.0 Å². The number of halogens is 1. The zero-order valence-corrected chi connectivity index (χ0v) is 10.9. The number of hydrogen-bond acceptors (Lipinski definition) is 4. The first-order valence-electron chi connectivity index (χ1n) is 5.65. The molecule has 1 atom stereocenters. The third kappa shape index (κ3) is 1.99. The zero-order valence-electron chi connectivity index (χ0n) is 9.28. The predicted octanol–water partition coefficient (Wildman–Crippen LogP) is 2.16. The van der Waals surface area contributed by atoms with Crippen molar-refractivity contribution in [3.8, 4) is 5.75 Å². The standard InChI is InChI=1S/C12H13BrN2O2/c13-8-4-7-2-1-3-16-11(7)9(5-8)10-6-17-12(14)15-10/h4-5,10H,1-3,6H2,(H2,14,15). The summed E-state index contributed by atoms with van der Waals surface area (Å²) in [6, 6.07) is 4.38. The molecule has 0 bridgehead atoms. The lowest BCUT2D eigenvalue weighted by Crippen LogP contribution is -2.12. The Hall–Kier alpha value is -1.23. The highest BCUT2D eigenvalue weighted by molar-refractivity contribution is 9.10. The number of hydrogen-bond donors (Lipinski definition) is 1. The monoisotopic (exact) mass is 296 g/mol. The molecule has 0 fully saturated rings. The van der Waals surface area contributed by atoms with Crippen LogP contribution in [0.4, 0.5) is 0 Å². The molecule has 1 aromatic carbocycles. The number of nitrogens with zero attached hydrogens (tertiary/aromatic N) is 1. The first kappa shape index (κ1) is 10.9. The summed E-state index contributed by atoms with van der Waals surface area (Å²) in [6.07, 6.45) is 2.12. The highest BCUT2D eigenvalue weighted by Gasteiger charge is 2.25. The second-order valence-corrected chi connectivity index (χ2v) is 5.15. The van der Waals surface area contributed by atoms with Gasteiger partial charge >= 0.3 is 0 Å². The molecule has 1 aromatic rings. The Kier molecular flexibility index (Phi) is 2.70. The highest BCUT2D eigenvalue weighted by Crippen LogP contribution is 2.38. The van der Waals surface area contributed by atoms with E-state index < -0.39 is 0 Å². The van der Waals surface area contributed by atoms with Crippen molar-refractivity contribution >= 4 is 22.0 Å². The van der Waals surface area contributed by atoms with Crippen LogP contribution in [0.2, 0.25) is 0 Å². The molecule has 3 rings (SSSR count). The number of aryl methyl sites for hydroxylation is 1. The molecule has 90 valence electrons. The molecule has 0 saturated heterocycles. The quantitative estimate of drug-likeness (QED) is 0.864. The van der Waals surface area contributed by atoms with Gasteiger partial charge < -0.3 is 15.2 Å². The predicted molar refractivity (Wildman–Crippen MR) is 68.3 cm³/mol. The summed E-state index contributed by atoms with van der Waals surface area (Å²) in [5.41, 5.74) is 7.85. The molecule has 5 heteroatoms. The van der Waals surface area contributed by atoms with E-state index in [-0.39, 0.29) is 12.1 Å². The number of benzene rings is 1. The number of rotatable bonds is 1. The van der Waals surface area contributed by atoms with Crippen LogP contribution in [0, 0.1) is 0 Å². The van der Waals surface area contributed by atoms with Crippen LogP contribution in [-0.2, 0) is 11.2 Å². The van der Waals surface area contributed by atoms with Gasteiger partial charge in [-0.15, -0.1) is 0 Å². The maximum Gasteiger partial charge on any atom is 0.282 e. The van der Waals surface area contributed by atoms with Crippen LogP contribution in [0.25, 0.3) is 0 Å². The fraction of sp³-hybridized carbons (Fsp3) is 0.417. The Morgan fingerprint density at radius 3 is 3.00 bits per heavy atom. The van der Waals surface area contributed by atoms with Gasteiger partial charge in [-0.25, -0.2) is 4.99 Å². The van der Waals surface area contributed by atoms with Crippen molar-refractivity contribution in [2.75, 3.05) is 13.2 Å². The fourth-order valence-corrected chi connectivity index (χ4v) is 2.79. The summed E-state index contributed by atoms with van der Waals surface area (Å²) >= 11 is 3.53. The Bertz CT molecular complexity index is 488. The van der Waals surface area contributed by atoms with E-state index in [0.717, 1.165) is 35.2 Å². The van der Waals surface area contributed by atoms with Crippen LogP contribution < -0.4 is 10.5 Å². The Morgan fingerprint density at radius 2 is 2.24 bits per heavy atom. The molecule has 2 aliphatic heterocycles. The maximum absolute atomic E-state index is 5.77. The first-order chi connectivity index (χ1) is 8.24. The van der Waals surface area contributed by atoms with Crippen LogP contribution in [0.3, 0.4) is 0 Å². The lowest BCUT2D eigenvalue weighted by Gasteiger charge is -2.22. The van der Waals surface area contributed by atoms with E-state index >= 15 is 0 Å². The van der Waals surface area contributed by atoms with Crippen molar-refractivity contribution in [2.24, 2.45) is 10.7 Å². The van der Waals surface area contributed by atoms with Gasteiger partial charge in [0.05, 0.1) is 6.61 Å². The van der Waals surface area contributed by atoms with Crippen molar-refractivity contribution in [1.29, 1.82) is 0 Å². The number of amidine groups is 1. The second-order valence-electron chi connectivity index (χ2n) is 4.23. The molecule has 1 unspecified atom stereocenters. The number of aliphatic imine (C=N–C) groups is 1. The average Bonchev–Trinajstić information content (AvgIpc) is 2.74. The van der Waals surface area contributed by atoms with E-state index in [4.69, 9.17) is 15.2 Å². The normalized spacial score (nSPS) is 22.4. The van der Waals surface area contributed by atoms with Gasteiger partial charge in [0.15, 0.2) is 0 Å². The number of nitrogens with two attached hydrogens (primary N) is 1. The minimum absolute atomic E-state index is 0.0423. The molecule has 0 aliphatic carbocycles. The molecular formula is C12H13BrN2O2. The Labute approximate surface area is 108 Å². The minimum Gasteiger partial charge on any atom is -0.493 e. The minimum atomic E-state index is -0.0423. The summed E-state index contributed by atoms with van der Waals surface area (Å²) in [6.45, 7) is 1.27. The van der Waals surface area contributed by atoms with Crippen LogP contribution in [0.15, 0.2) is 21.6 Å². The van der Waals surface area contributed by atoms with Crippen LogP contribution in [-0.4, -0.2) is 19.2 Å². The average molecular weight is 297 g/mol. The van der Waals surface area contributed by atoms with Gasteiger partial charge in [0.1, 0.15) is 18.4 Å². The van der Waals surface area contributed by atoms with Gasteiger partial charge in [-0.05, 0) is 30.5 Å². The highest BCUT2D eigenvalue weighted by atomic mass is 79.9. The van der Waals surface area contributed by atoms with Crippen molar-refractivity contribution < 1.29 is 9.47 Å². The summed E-state index contributed by atoms with van der Waals surface area (Å²) in [5, 5.41) is 0. The molecule has 0 saturated carbocycles. The summed E-state index contributed by atoms with van der Waals surface area (Å²) < 4.78 is 12.0. The van der Waals surface area contributed by atoms with Gasteiger partial charge in [0.2, 0.25) is 0 Å². The third-order valence-corrected chi connectivity index (χ3v) is 3.49. The van der Waals surface area contributed by atoms with Gasteiger partial charge in [-0.2, -0.15) is 0 Å². The molecule has 0 radical (unpaired) electrons. The van der Waals surface area contributed by atoms with Crippen LogP contribution in [0.5, 0.6) is 5.75 Å². The van der Waals surface area contributed by atoms with Crippen LogP contribution in [0.1, 0.15) is 23.6 Å². The van der Waals surface area contributed by atoms with Crippen molar-refractivity contribution in [3.05, 3.63) is 27.7 Å². The van der Waals surface area contributed by atoms with Crippen molar-refractivity contribution in [3.63, 3.8) is 0 Å². The topological polar surface area (TPSA) is 56.8 Å². The molecule has 2 aliphatic rings. The van der Waals surface area contributed by atoms with E-state index in [9.17, 15) is 0 Å². The van der Waals surface area contributed by atoms with Crippen LogP contribution >= 0.6 is 15.9 Å². The molecule has 2 N–H and O–H groups in total. The molecule has 17 heavy (non-hydrogen) atoms. The van der Waals surface area contributed by atoms with Crippen molar-refractivity contribution in [1.82, 2.24) is 0 Å². The number of fused-ring (bicyclic) bond motifs is 1. The Balaban J connectivity index is 2.06. The van der Waals surface area contributed by atoms with Gasteiger partial charge in [-0.1, -0.05) is 15.9 Å². The molecule has 2 heterocycles. The summed E-state index contributed by atoms with van der Waals surface area (Å²) in [7, 11) is 0. The lowest BCUT2D eigenvalue weighted by molar-refractivity contribution is 0.275. The summed E-state index contributed by atoms with van der Waals surface area (Å²) in [4.78, 5) is 4.28.